The van der Waals surface area contributed by atoms with Gasteiger partial charge in [-0.25, -0.2) is 4.98 Å². The highest BCUT2D eigenvalue weighted by Crippen LogP contribution is 2.32. The number of aryl methyl sites for hydroxylation is 2. The Morgan fingerprint density at radius 3 is 2.86 bits per heavy atom. The molecule has 5 nitrogen and oxygen atoms in total. The molecular weight excluding hydrogens is 266 g/mol. The molecule has 0 spiro atoms. The van der Waals surface area contributed by atoms with Gasteiger partial charge in [-0.3, -0.25) is 10.1 Å². The minimum atomic E-state index is -0.401. The van der Waals surface area contributed by atoms with Gasteiger partial charge in [0.05, 0.1) is 11.0 Å². The van der Waals surface area contributed by atoms with Gasteiger partial charge in [-0.05, 0) is 43.4 Å². The van der Waals surface area contributed by atoms with Gasteiger partial charge in [-0.2, -0.15) is 0 Å². The molecule has 0 bridgehead atoms. The number of aromatic nitrogens is 1. The third-order valence-corrected chi connectivity index (χ3v) is 3.95. The zero-order valence-electron chi connectivity index (χ0n) is 11.9. The van der Waals surface area contributed by atoms with Crippen LogP contribution in [0.5, 0.6) is 0 Å². The molecule has 0 amide bonds. The second kappa shape index (κ2) is 5.52. The van der Waals surface area contributed by atoms with Gasteiger partial charge in [0.15, 0.2) is 0 Å². The highest BCUT2D eigenvalue weighted by molar-refractivity contribution is 5.47. The molecule has 1 unspecified atom stereocenters. The summed E-state index contributed by atoms with van der Waals surface area (Å²) in [6.45, 7) is 1.66. The number of rotatable bonds is 3. The number of hydrogen-bond acceptors (Lipinski definition) is 4. The van der Waals surface area contributed by atoms with E-state index in [2.05, 4.69) is 28.5 Å². The van der Waals surface area contributed by atoms with Crippen molar-refractivity contribution >= 4 is 11.5 Å². The van der Waals surface area contributed by atoms with Crippen molar-refractivity contribution in [1.82, 2.24) is 4.98 Å². The lowest BCUT2D eigenvalue weighted by atomic mass is 9.88. The normalized spacial score (nSPS) is 17.1. The van der Waals surface area contributed by atoms with E-state index < -0.39 is 4.92 Å². The van der Waals surface area contributed by atoms with Crippen LogP contribution in [0, 0.1) is 17.0 Å². The molecule has 108 valence electrons. The van der Waals surface area contributed by atoms with E-state index in [-0.39, 0.29) is 11.7 Å². The second-order valence-electron chi connectivity index (χ2n) is 5.35. The average molecular weight is 283 g/mol. The van der Waals surface area contributed by atoms with Crippen LogP contribution in [0.15, 0.2) is 36.4 Å². The second-order valence-corrected chi connectivity index (χ2v) is 5.35. The van der Waals surface area contributed by atoms with Crippen LogP contribution < -0.4 is 5.32 Å². The molecule has 1 aromatic carbocycles. The SMILES string of the molecule is Cc1nc(NC2CCCc3ccccc32)ccc1[N+](=O)[O-]. The van der Waals surface area contributed by atoms with Crippen LogP contribution in [0.3, 0.4) is 0 Å². The minimum absolute atomic E-state index is 0.0598. The van der Waals surface area contributed by atoms with Crippen molar-refractivity contribution < 1.29 is 4.92 Å². The maximum atomic E-state index is 10.8. The maximum Gasteiger partial charge on any atom is 0.290 e. The van der Waals surface area contributed by atoms with Crippen molar-refractivity contribution in [1.29, 1.82) is 0 Å². The molecule has 0 saturated carbocycles. The molecule has 1 aliphatic carbocycles. The number of benzene rings is 1. The van der Waals surface area contributed by atoms with Crippen LogP contribution in [-0.4, -0.2) is 9.91 Å². The summed E-state index contributed by atoms with van der Waals surface area (Å²) >= 11 is 0. The van der Waals surface area contributed by atoms with Crippen molar-refractivity contribution in [2.45, 2.75) is 32.2 Å². The summed E-state index contributed by atoms with van der Waals surface area (Å²) in [6, 6.07) is 11.8. The molecule has 0 fully saturated rings. The number of nitrogens with zero attached hydrogens (tertiary/aromatic N) is 2. The first-order chi connectivity index (χ1) is 10.1. The lowest BCUT2D eigenvalue weighted by molar-refractivity contribution is -0.385. The minimum Gasteiger partial charge on any atom is -0.363 e. The summed E-state index contributed by atoms with van der Waals surface area (Å²) in [6.07, 6.45) is 3.30. The van der Waals surface area contributed by atoms with E-state index in [9.17, 15) is 10.1 Å². The Balaban J connectivity index is 1.85. The molecule has 1 heterocycles. The molecule has 0 radical (unpaired) electrons. The first-order valence-corrected chi connectivity index (χ1v) is 7.11. The van der Waals surface area contributed by atoms with Gasteiger partial charge in [0, 0.05) is 6.07 Å². The predicted octanol–water partition coefficient (Wildman–Crippen LogP) is 3.79. The molecule has 0 aliphatic heterocycles. The Morgan fingerprint density at radius 2 is 2.10 bits per heavy atom. The summed E-state index contributed by atoms with van der Waals surface area (Å²) in [5, 5.41) is 14.2. The summed E-state index contributed by atoms with van der Waals surface area (Å²) in [7, 11) is 0. The van der Waals surface area contributed by atoms with Gasteiger partial charge in [0.2, 0.25) is 0 Å². The summed E-state index contributed by atoms with van der Waals surface area (Å²) < 4.78 is 0. The molecule has 2 aromatic rings. The largest absolute Gasteiger partial charge is 0.363 e. The monoisotopic (exact) mass is 283 g/mol. The third-order valence-electron chi connectivity index (χ3n) is 3.95. The van der Waals surface area contributed by atoms with Crippen molar-refractivity contribution in [3.8, 4) is 0 Å². The van der Waals surface area contributed by atoms with Crippen molar-refractivity contribution in [3.63, 3.8) is 0 Å². The topological polar surface area (TPSA) is 68.1 Å². The number of nitrogens with one attached hydrogen (secondary N) is 1. The zero-order chi connectivity index (χ0) is 14.8. The smallest absolute Gasteiger partial charge is 0.290 e. The van der Waals surface area contributed by atoms with Crippen LogP contribution in [0.1, 0.15) is 35.7 Å². The molecule has 21 heavy (non-hydrogen) atoms. The Morgan fingerprint density at radius 1 is 1.29 bits per heavy atom. The molecule has 3 rings (SSSR count). The predicted molar refractivity (Wildman–Crippen MR) is 81.4 cm³/mol. The van der Waals surface area contributed by atoms with E-state index in [1.165, 1.54) is 17.2 Å². The van der Waals surface area contributed by atoms with E-state index in [0.29, 0.717) is 11.5 Å². The maximum absolute atomic E-state index is 10.8. The Bertz CT molecular complexity index is 685. The van der Waals surface area contributed by atoms with Crippen LogP contribution >= 0.6 is 0 Å². The van der Waals surface area contributed by atoms with Gasteiger partial charge in [0.25, 0.3) is 5.69 Å². The highest BCUT2D eigenvalue weighted by Gasteiger charge is 2.20. The van der Waals surface area contributed by atoms with Crippen LogP contribution in [0.2, 0.25) is 0 Å². The number of anilines is 1. The summed E-state index contributed by atoms with van der Waals surface area (Å²) in [5.74, 6) is 0.694. The number of pyridine rings is 1. The van der Waals surface area contributed by atoms with E-state index in [4.69, 9.17) is 0 Å². The van der Waals surface area contributed by atoms with Gasteiger partial charge in [0.1, 0.15) is 11.5 Å². The summed E-state index contributed by atoms with van der Waals surface area (Å²) in [5.41, 5.74) is 3.18. The van der Waals surface area contributed by atoms with E-state index >= 15 is 0 Å². The number of nitro groups is 1. The van der Waals surface area contributed by atoms with Crippen LogP contribution in [0.4, 0.5) is 11.5 Å². The molecule has 1 N–H and O–H groups in total. The van der Waals surface area contributed by atoms with Crippen LogP contribution in [-0.2, 0) is 6.42 Å². The standard InChI is InChI=1S/C16H17N3O2/c1-11-15(19(20)21)9-10-16(17-11)18-14-8-4-6-12-5-2-3-7-13(12)14/h2-3,5,7,9-10,14H,4,6,8H2,1H3,(H,17,18). The highest BCUT2D eigenvalue weighted by atomic mass is 16.6. The van der Waals surface area contributed by atoms with E-state index in [1.807, 2.05) is 6.07 Å². The van der Waals surface area contributed by atoms with Gasteiger partial charge >= 0.3 is 0 Å². The van der Waals surface area contributed by atoms with Gasteiger partial charge in [-0.15, -0.1) is 0 Å². The molecule has 0 saturated heterocycles. The molecule has 1 aliphatic rings. The fourth-order valence-electron chi connectivity index (χ4n) is 2.91. The zero-order valence-corrected chi connectivity index (χ0v) is 11.9. The first kappa shape index (κ1) is 13.5. The van der Waals surface area contributed by atoms with E-state index in [0.717, 1.165) is 19.3 Å². The number of fused-ring (bicyclic) bond motifs is 1. The van der Waals surface area contributed by atoms with Crippen molar-refractivity contribution in [2.24, 2.45) is 0 Å². The fourth-order valence-corrected chi connectivity index (χ4v) is 2.91. The average Bonchev–Trinajstić information content (AvgIpc) is 2.47. The fraction of sp³-hybridized carbons (Fsp3) is 0.312. The Labute approximate surface area is 123 Å². The Hall–Kier alpha value is -2.43. The van der Waals surface area contributed by atoms with Crippen LogP contribution in [0.25, 0.3) is 0 Å². The lowest BCUT2D eigenvalue weighted by Crippen LogP contribution is -2.18. The number of hydrogen-bond donors (Lipinski definition) is 1. The molecule has 1 atom stereocenters. The van der Waals surface area contributed by atoms with Gasteiger partial charge in [-0.1, -0.05) is 24.3 Å². The van der Waals surface area contributed by atoms with Gasteiger partial charge < -0.3 is 5.32 Å². The molecule has 1 aromatic heterocycles. The van der Waals surface area contributed by atoms with E-state index in [1.54, 1.807) is 13.0 Å². The first-order valence-electron chi connectivity index (χ1n) is 7.11. The molecule has 5 heteroatoms. The quantitative estimate of drug-likeness (QED) is 0.687. The molecular formula is C16H17N3O2. The summed E-state index contributed by atoms with van der Waals surface area (Å²) in [4.78, 5) is 14.7. The third kappa shape index (κ3) is 2.72. The van der Waals surface area contributed by atoms with Crippen molar-refractivity contribution in [2.75, 3.05) is 5.32 Å². The van der Waals surface area contributed by atoms with Crippen molar-refractivity contribution in [3.05, 3.63) is 63.3 Å². The lowest BCUT2D eigenvalue weighted by Gasteiger charge is -2.26. The Kier molecular flexibility index (Phi) is 3.56.